The fraction of sp³-hybridized carbons (Fsp3) is 0.214. The molecule has 4 nitrogen and oxygen atoms in total. The van der Waals surface area contributed by atoms with Gasteiger partial charge >= 0.3 is 0 Å². The second kappa shape index (κ2) is 6.02. The van der Waals surface area contributed by atoms with Crippen molar-refractivity contribution < 1.29 is 14.6 Å². The summed E-state index contributed by atoms with van der Waals surface area (Å²) < 4.78 is 5.68. The number of hydrogen-bond acceptors (Lipinski definition) is 3. The second-order valence-corrected chi connectivity index (χ2v) is 3.88. The molecule has 1 aromatic heterocycles. The van der Waals surface area contributed by atoms with E-state index in [-0.39, 0.29) is 18.8 Å². The first-order valence-electron chi connectivity index (χ1n) is 5.80. The summed E-state index contributed by atoms with van der Waals surface area (Å²) in [7, 11) is 0. The lowest BCUT2D eigenvalue weighted by Gasteiger charge is -2.16. The smallest absolute Gasteiger partial charge is 0.196 e. The zero-order valence-electron chi connectivity index (χ0n) is 9.87. The Bertz CT molecular complexity index is 479. The molecular formula is C14H15NO3. The fourth-order valence-corrected chi connectivity index (χ4v) is 1.69. The zero-order chi connectivity index (χ0) is 12.8. The van der Waals surface area contributed by atoms with Crippen LogP contribution in [0, 0.1) is 0 Å². The summed E-state index contributed by atoms with van der Waals surface area (Å²) in [5.41, 5.74) is 0.692. The number of ether oxygens (including phenoxy) is 1. The van der Waals surface area contributed by atoms with Crippen LogP contribution in [0.3, 0.4) is 0 Å². The first-order chi connectivity index (χ1) is 8.81. The van der Waals surface area contributed by atoms with E-state index in [0.29, 0.717) is 11.4 Å². The highest BCUT2D eigenvalue weighted by Crippen LogP contribution is 2.22. The van der Waals surface area contributed by atoms with Crippen LogP contribution in [-0.4, -0.2) is 22.5 Å². The Kier molecular flexibility index (Phi) is 4.15. The summed E-state index contributed by atoms with van der Waals surface area (Å²) in [5, 5.41) is 8.86. The van der Waals surface area contributed by atoms with Crippen molar-refractivity contribution in [2.75, 3.05) is 6.61 Å². The van der Waals surface area contributed by atoms with E-state index >= 15 is 0 Å². The van der Waals surface area contributed by atoms with Crippen molar-refractivity contribution in [3.63, 3.8) is 0 Å². The minimum atomic E-state index is -0.699. The van der Waals surface area contributed by atoms with Crippen molar-refractivity contribution in [2.45, 2.75) is 12.5 Å². The van der Waals surface area contributed by atoms with E-state index in [4.69, 9.17) is 9.84 Å². The van der Waals surface area contributed by atoms with Gasteiger partial charge in [0.2, 0.25) is 0 Å². The van der Waals surface area contributed by atoms with Crippen LogP contribution >= 0.6 is 0 Å². The highest BCUT2D eigenvalue weighted by atomic mass is 16.5. The zero-order valence-corrected chi connectivity index (χ0v) is 9.87. The largest absolute Gasteiger partial charge is 0.476 e. The van der Waals surface area contributed by atoms with Crippen molar-refractivity contribution in [3.05, 3.63) is 54.4 Å². The molecule has 1 atom stereocenters. The molecule has 18 heavy (non-hydrogen) atoms. The van der Waals surface area contributed by atoms with Crippen molar-refractivity contribution in [1.82, 2.24) is 4.98 Å². The second-order valence-electron chi connectivity index (χ2n) is 3.88. The lowest BCUT2D eigenvalue weighted by Crippen LogP contribution is -2.20. The summed E-state index contributed by atoms with van der Waals surface area (Å²) in [6.07, 6.45) is 1.12. The lowest BCUT2D eigenvalue weighted by molar-refractivity contribution is -0.126. The topological polar surface area (TPSA) is 62.3 Å². The van der Waals surface area contributed by atoms with Gasteiger partial charge in [-0.2, -0.15) is 0 Å². The third kappa shape index (κ3) is 2.99. The predicted octanol–water partition coefficient (Wildman–Crippen LogP) is 2.09. The molecule has 94 valence electrons. The molecule has 0 aliphatic carbocycles. The first-order valence-corrected chi connectivity index (χ1v) is 5.80. The average Bonchev–Trinajstić information content (AvgIpc) is 2.91. The van der Waals surface area contributed by atoms with E-state index in [2.05, 4.69) is 4.98 Å². The first kappa shape index (κ1) is 12.4. The van der Waals surface area contributed by atoms with Crippen molar-refractivity contribution >= 4 is 5.78 Å². The van der Waals surface area contributed by atoms with Gasteiger partial charge in [0.1, 0.15) is 5.75 Å². The number of benzene rings is 1. The van der Waals surface area contributed by atoms with E-state index in [1.165, 1.54) is 0 Å². The Morgan fingerprint density at radius 2 is 2.00 bits per heavy atom. The highest BCUT2D eigenvalue weighted by Gasteiger charge is 2.22. The number of H-pyrrole nitrogens is 1. The van der Waals surface area contributed by atoms with Gasteiger partial charge in [-0.1, -0.05) is 18.2 Å². The summed E-state index contributed by atoms with van der Waals surface area (Å²) in [4.78, 5) is 14.9. The average molecular weight is 245 g/mol. The van der Waals surface area contributed by atoms with Gasteiger partial charge in [-0.3, -0.25) is 4.79 Å². The third-order valence-corrected chi connectivity index (χ3v) is 2.55. The van der Waals surface area contributed by atoms with Crippen LogP contribution in [0.15, 0.2) is 48.7 Å². The van der Waals surface area contributed by atoms with Crippen LogP contribution in [0.1, 0.15) is 18.2 Å². The number of aromatic nitrogens is 1. The lowest BCUT2D eigenvalue weighted by atomic mass is 10.1. The van der Waals surface area contributed by atoms with E-state index in [1.54, 1.807) is 24.4 Å². The molecule has 1 heterocycles. The van der Waals surface area contributed by atoms with Gasteiger partial charge in [-0.05, 0) is 24.3 Å². The Labute approximate surface area is 105 Å². The molecule has 0 spiro atoms. The number of ketones is 1. The van der Waals surface area contributed by atoms with Gasteiger partial charge in [0.15, 0.2) is 11.9 Å². The molecule has 0 bridgehead atoms. The Balaban J connectivity index is 2.18. The van der Waals surface area contributed by atoms with Crippen LogP contribution in [0.25, 0.3) is 0 Å². The van der Waals surface area contributed by atoms with Gasteiger partial charge in [-0.15, -0.1) is 0 Å². The van der Waals surface area contributed by atoms with Gasteiger partial charge in [0.05, 0.1) is 12.3 Å². The molecule has 0 saturated heterocycles. The number of nitrogens with one attached hydrogen (secondary N) is 1. The molecule has 0 amide bonds. The fourth-order valence-electron chi connectivity index (χ4n) is 1.69. The Morgan fingerprint density at radius 3 is 2.61 bits per heavy atom. The molecule has 4 heteroatoms. The van der Waals surface area contributed by atoms with Gasteiger partial charge < -0.3 is 14.8 Å². The predicted molar refractivity (Wildman–Crippen MR) is 67.3 cm³/mol. The molecule has 0 aliphatic heterocycles. The van der Waals surface area contributed by atoms with Gasteiger partial charge in [0.25, 0.3) is 0 Å². The number of carbonyl (C=O) groups is 1. The molecule has 1 unspecified atom stereocenters. The minimum Gasteiger partial charge on any atom is -0.476 e. The Morgan fingerprint density at radius 1 is 1.22 bits per heavy atom. The van der Waals surface area contributed by atoms with E-state index in [0.717, 1.165) is 0 Å². The molecule has 0 saturated carbocycles. The summed E-state index contributed by atoms with van der Waals surface area (Å²) in [6, 6.07) is 12.8. The molecule has 2 aromatic rings. The maximum atomic E-state index is 11.9. The van der Waals surface area contributed by atoms with Crippen LogP contribution in [0.2, 0.25) is 0 Å². The maximum Gasteiger partial charge on any atom is 0.196 e. The number of aliphatic hydroxyl groups is 1. The number of aliphatic hydroxyl groups excluding tert-OH is 1. The SMILES string of the molecule is O=C(CCO)C(Oc1ccccc1)c1ccc[nH]1. The van der Waals surface area contributed by atoms with Gasteiger partial charge in [-0.25, -0.2) is 0 Å². The van der Waals surface area contributed by atoms with Crippen molar-refractivity contribution in [2.24, 2.45) is 0 Å². The number of aromatic amines is 1. The highest BCUT2D eigenvalue weighted by molar-refractivity contribution is 5.84. The Hall–Kier alpha value is -2.07. The van der Waals surface area contributed by atoms with Crippen molar-refractivity contribution in [3.8, 4) is 5.75 Å². The van der Waals surface area contributed by atoms with Crippen molar-refractivity contribution in [1.29, 1.82) is 0 Å². The van der Waals surface area contributed by atoms with Crippen LogP contribution in [0.4, 0.5) is 0 Å². The molecule has 0 fully saturated rings. The van der Waals surface area contributed by atoms with Gasteiger partial charge in [0, 0.05) is 12.6 Å². The summed E-state index contributed by atoms with van der Waals surface area (Å²) in [6.45, 7) is -0.172. The van der Waals surface area contributed by atoms with E-state index in [1.807, 2.05) is 24.3 Å². The summed E-state index contributed by atoms with van der Waals surface area (Å²) in [5.74, 6) is 0.479. The van der Waals surface area contributed by atoms with Crippen LogP contribution in [-0.2, 0) is 4.79 Å². The summed E-state index contributed by atoms with van der Waals surface area (Å²) >= 11 is 0. The standard InChI is InChI=1S/C14H15NO3/c16-10-8-13(17)14(12-7-4-9-15-12)18-11-5-2-1-3-6-11/h1-7,9,14-16H,8,10H2. The van der Waals surface area contributed by atoms with Crippen LogP contribution < -0.4 is 4.74 Å². The third-order valence-electron chi connectivity index (χ3n) is 2.55. The number of Topliss-reactive ketones (excluding diaryl/α,β-unsaturated/α-hetero) is 1. The molecule has 1 aromatic carbocycles. The van der Waals surface area contributed by atoms with Crippen LogP contribution in [0.5, 0.6) is 5.75 Å². The molecule has 2 N–H and O–H groups in total. The molecule has 0 aliphatic rings. The number of carbonyl (C=O) groups excluding carboxylic acids is 1. The minimum absolute atomic E-state index is 0.0799. The maximum absolute atomic E-state index is 11.9. The molecule has 2 rings (SSSR count). The quantitative estimate of drug-likeness (QED) is 0.819. The van der Waals surface area contributed by atoms with E-state index in [9.17, 15) is 4.79 Å². The monoisotopic (exact) mass is 245 g/mol. The number of rotatable bonds is 6. The number of para-hydroxylation sites is 1. The molecular weight excluding hydrogens is 230 g/mol. The van der Waals surface area contributed by atoms with E-state index < -0.39 is 6.10 Å². The number of hydrogen-bond donors (Lipinski definition) is 2. The molecule has 0 radical (unpaired) electrons. The normalized spacial score (nSPS) is 12.1.